The average molecular weight is 1430 g/mol. The Morgan fingerprint density at radius 3 is 2.06 bits per heavy atom. The largest absolute Gasteiger partial charge is 0.508 e. The first-order chi connectivity index (χ1) is 46.6. The number of amides is 7. The molecule has 11 N–H and O–H groups in total. The van der Waals surface area contributed by atoms with Crippen molar-refractivity contribution in [1.29, 1.82) is 0 Å². The number of carboxylic acids is 2. The number of carbonyl (C=O) groups is 9. The predicted octanol–water partition coefficient (Wildman–Crippen LogP) is 7.48. The van der Waals surface area contributed by atoms with Crippen LogP contribution in [0.5, 0.6) is 5.75 Å². The lowest BCUT2D eigenvalue weighted by Gasteiger charge is -2.29. The van der Waals surface area contributed by atoms with Crippen LogP contribution in [0.2, 0.25) is 0 Å². The van der Waals surface area contributed by atoms with Gasteiger partial charge in [-0.3, -0.25) is 38.4 Å². The molecule has 3 aliphatic rings. The molecule has 0 spiro atoms. The van der Waals surface area contributed by atoms with Gasteiger partial charge in [0.05, 0.1) is 36.2 Å². The van der Waals surface area contributed by atoms with E-state index in [1.165, 1.54) is 61.8 Å². The Labute approximate surface area is 574 Å². The number of aryl methyl sites for hydroxylation is 1. The third-order valence-corrected chi connectivity index (χ3v) is 22.0. The molecule has 1 aliphatic carbocycles. The molecule has 9 aromatic rings. The summed E-state index contributed by atoms with van der Waals surface area (Å²) >= 11 is 6.61. The van der Waals surface area contributed by atoms with Gasteiger partial charge in [-0.2, -0.15) is 0 Å². The number of primary amides is 1. The first kappa shape index (κ1) is 67.2. The minimum atomic E-state index is -1.48. The van der Waals surface area contributed by atoms with E-state index >= 15 is 4.79 Å². The molecule has 500 valence electrons. The molecule has 34 heteroatoms. The van der Waals surface area contributed by atoms with Crippen molar-refractivity contribution in [3.63, 3.8) is 0 Å². The van der Waals surface area contributed by atoms with Crippen molar-refractivity contribution < 1.29 is 68.3 Å². The number of nitrogens with two attached hydrogens (primary N) is 1. The molecule has 7 amide bonds. The molecule has 10 bridgehead atoms. The molecule has 7 atom stereocenters. The number of nitrogens with zero attached hydrogens (tertiary/aromatic N) is 8. The number of hydrogen-bond donors (Lipinski definition) is 10. The molecule has 9 heterocycles. The van der Waals surface area contributed by atoms with Gasteiger partial charge in [-0.05, 0) is 68.0 Å². The molecule has 0 radical (unpaired) electrons. The molecule has 2 fully saturated rings. The second kappa shape index (κ2) is 28.9. The van der Waals surface area contributed by atoms with E-state index in [-0.39, 0.29) is 57.5 Å². The fourth-order valence-corrected chi connectivity index (χ4v) is 16.8. The molecule has 28 nitrogen and oxygen atoms in total. The maximum absolute atomic E-state index is 15.3. The summed E-state index contributed by atoms with van der Waals surface area (Å²) in [5.41, 5.74) is 8.14. The van der Waals surface area contributed by atoms with Crippen LogP contribution in [0.1, 0.15) is 136 Å². The number of fused-ring (bicyclic) bond motifs is 16. The van der Waals surface area contributed by atoms with Crippen molar-refractivity contribution in [2.45, 2.75) is 94.8 Å². The van der Waals surface area contributed by atoms with Crippen molar-refractivity contribution in [3.05, 3.63) is 147 Å². The molecule has 12 rings (SSSR count). The van der Waals surface area contributed by atoms with Gasteiger partial charge in [0, 0.05) is 62.3 Å². The third-order valence-electron chi connectivity index (χ3n) is 16.5. The molecule has 7 aromatic heterocycles. The molecule has 2 aliphatic heterocycles. The van der Waals surface area contributed by atoms with Crippen molar-refractivity contribution in [2.24, 2.45) is 17.6 Å². The molecular formula is C63H58N14O14S6. The number of aliphatic hydroxyl groups excluding tert-OH is 1. The number of hydrogen-bond acceptors (Lipinski definition) is 25. The van der Waals surface area contributed by atoms with Gasteiger partial charge in [-0.15, -0.1) is 68.0 Å². The number of benzene rings is 2. The average Bonchev–Trinajstić information content (AvgIpc) is 1.63. The number of ether oxygens (including phenoxy) is 1. The summed E-state index contributed by atoms with van der Waals surface area (Å²) in [6, 6.07) is 12.5. The topological polar surface area (TPSA) is 423 Å². The van der Waals surface area contributed by atoms with Crippen molar-refractivity contribution in [2.75, 3.05) is 13.1 Å². The van der Waals surface area contributed by atoms with E-state index < -0.39 is 115 Å². The number of rotatable bonds is 13. The van der Waals surface area contributed by atoms with Crippen molar-refractivity contribution >= 4 is 121 Å². The standard InChI is InChI=1S/C63H58N14O14S6/c1-27-43(79)21-77-49(27)60-74-42(26-96-60)57-70-38(22-93-57)47-34(16-17-35(67-47)56-72-39(24-94-56)51(83)66-32-12-10-31(11-13-32)62(88)89)55-71-40(23-92-55)52(84)68-36(19-44(64)80)58-76-46(28(2)97-58)54(86)75-48(50(30-6-4-3-5-7-30)91-63(90)65-20-45(81)82)59-73-41(25-95-59)53(85)69-37(61(77)87)18-29-8-14-33(78)15-9-29/h3-9,14-17,22-27,31-32,36-37,43,48-50,78-79H,10-13,18-21H2,1-2H3,(H2,64,80)(H,65,90)(H,66,83)(H,68,84)(H,69,85)(H,75,86)(H,81,82)(H,88,89)/t27-,31-,32-,36-,37-,43-,48-,49-,50+/m0/s1. The Bertz CT molecular complexity index is 4500. The van der Waals surface area contributed by atoms with Gasteiger partial charge in [-0.1, -0.05) is 49.4 Å². The number of pyridine rings is 1. The Balaban J connectivity index is 0.944. The van der Waals surface area contributed by atoms with Gasteiger partial charge >= 0.3 is 18.0 Å². The fourth-order valence-electron chi connectivity index (χ4n) is 11.5. The number of aliphatic hydroxyl groups is 1. The summed E-state index contributed by atoms with van der Waals surface area (Å²) < 4.78 is 5.91. The first-order valence-electron chi connectivity index (χ1n) is 30.1. The lowest BCUT2D eigenvalue weighted by atomic mass is 9.86. The second-order valence-corrected chi connectivity index (χ2v) is 28.6. The smallest absolute Gasteiger partial charge is 0.408 e. The van der Waals surface area contributed by atoms with Crippen molar-refractivity contribution in [3.8, 4) is 49.1 Å². The lowest BCUT2D eigenvalue weighted by Crippen LogP contribution is -2.50. The highest BCUT2D eigenvalue weighted by molar-refractivity contribution is 7.15. The van der Waals surface area contributed by atoms with Gasteiger partial charge in [0.2, 0.25) is 11.8 Å². The summed E-state index contributed by atoms with van der Waals surface area (Å²) in [5.74, 6) is -7.64. The summed E-state index contributed by atoms with van der Waals surface area (Å²) in [7, 11) is 0. The molecule has 1 saturated carbocycles. The van der Waals surface area contributed by atoms with Crippen LogP contribution in [-0.2, 0) is 30.3 Å². The Hall–Kier alpha value is -9.84. The van der Waals surface area contributed by atoms with Gasteiger partial charge in [0.15, 0.2) is 6.10 Å². The van der Waals surface area contributed by atoms with E-state index in [9.17, 15) is 58.8 Å². The number of aromatic nitrogens is 7. The van der Waals surface area contributed by atoms with E-state index in [0.29, 0.717) is 90.1 Å². The normalized spacial score (nSPS) is 20.9. The number of phenols is 1. The van der Waals surface area contributed by atoms with Crippen LogP contribution < -0.4 is 32.3 Å². The quantitative estimate of drug-likeness (QED) is 0.0534. The van der Waals surface area contributed by atoms with E-state index in [2.05, 4.69) is 41.5 Å². The van der Waals surface area contributed by atoms with Crippen molar-refractivity contribution in [1.82, 2.24) is 66.4 Å². The molecule has 2 aromatic carbocycles. The number of aliphatic carboxylic acids is 2. The Morgan fingerprint density at radius 2 is 1.33 bits per heavy atom. The highest BCUT2D eigenvalue weighted by Gasteiger charge is 2.46. The minimum Gasteiger partial charge on any atom is -0.508 e. The number of nitrogens with one attached hydrogen (secondary N) is 5. The van der Waals surface area contributed by atoms with E-state index in [1.807, 2.05) is 0 Å². The van der Waals surface area contributed by atoms with Crippen LogP contribution in [0, 0.1) is 18.8 Å². The molecule has 0 unspecified atom stereocenters. The highest BCUT2D eigenvalue weighted by Crippen LogP contribution is 2.43. The number of carboxylic acid groups (broad SMARTS) is 2. The van der Waals surface area contributed by atoms with Crippen LogP contribution in [0.25, 0.3) is 43.4 Å². The monoisotopic (exact) mass is 1430 g/mol. The number of carbonyl (C=O) groups excluding carboxylic acids is 7. The first-order valence-corrected chi connectivity index (χ1v) is 35.3. The lowest BCUT2D eigenvalue weighted by molar-refractivity contribution is -0.143. The van der Waals surface area contributed by atoms with E-state index in [0.717, 1.165) is 34.0 Å². The van der Waals surface area contributed by atoms with Crippen LogP contribution >= 0.6 is 68.0 Å². The van der Waals surface area contributed by atoms with E-state index in [1.54, 1.807) is 84.6 Å². The molecule has 97 heavy (non-hydrogen) atoms. The van der Waals surface area contributed by atoms with Gasteiger partial charge < -0.3 is 62.4 Å². The van der Waals surface area contributed by atoms with Crippen LogP contribution in [-0.4, -0.2) is 145 Å². The Morgan fingerprint density at radius 1 is 0.680 bits per heavy atom. The second-order valence-electron chi connectivity index (χ2n) is 23.1. The number of phenolic OH excluding ortho intramolecular Hbond substituents is 1. The van der Waals surface area contributed by atoms with E-state index in [4.69, 9.17) is 30.4 Å². The zero-order valence-corrected chi connectivity index (χ0v) is 56.0. The highest BCUT2D eigenvalue weighted by atomic mass is 32.1. The zero-order valence-electron chi connectivity index (χ0n) is 51.1. The summed E-state index contributed by atoms with van der Waals surface area (Å²) in [4.78, 5) is 158. The SMILES string of the molecule is Cc1sc2nc1C(=O)N[C@@H]([C@H](OC(=O)NCC(=O)O)c1ccccc1)c1nc(cs1)C(=O)N[C@@H](Cc1ccc(O)cc1)C(=O)N1C[C@H](O)[C@H](C)[C@H]1c1nc(cs1)-c1nc(cs1)-c1nc(-c3nc(C(=O)N[C@H]4CC[C@H](C(=O)O)CC4)cs3)ccc1-c1nc(cs1)C(=O)N[C@H]2CC(N)=O. The number of alkyl carbamates (subject to hydrolysis) is 1. The van der Waals surface area contributed by atoms with Crippen LogP contribution in [0.4, 0.5) is 4.79 Å². The zero-order chi connectivity index (χ0) is 68.3. The molecule has 1 saturated heterocycles. The summed E-state index contributed by atoms with van der Waals surface area (Å²) in [6.45, 7) is 2.37. The number of aromatic hydroxyl groups is 1. The number of thiazole rings is 6. The summed E-state index contributed by atoms with van der Waals surface area (Å²) in [6.07, 6.45) is -2.41. The summed E-state index contributed by atoms with van der Waals surface area (Å²) in [5, 5.41) is 64.1. The van der Waals surface area contributed by atoms with Crippen LogP contribution in [0.15, 0.2) is 93.6 Å². The minimum absolute atomic E-state index is 0.00792. The maximum Gasteiger partial charge on any atom is 0.408 e. The van der Waals surface area contributed by atoms with Crippen LogP contribution in [0.3, 0.4) is 0 Å². The Kier molecular flexibility index (Phi) is 20.0. The fraction of sp³-hybridized carbons (Fsp3) is 0.302. The third kappa shape index (κ3) is 15.1. The van der Waals surface area contributed by atoms with Gasteiger partial charge in [-0.25, -0.2) is 39.7 Å². The van der Waals surface area contributed by atoms with Gasteiger partial charge in [0.1, 0.15) is 94.3 Å². The predicted molar refractivity (Wildman–Crippen MR) is 357 cm³/mol. The molecular weight excluding hydrogens is 1370 g/mol. The maximum atomic E-state index is 15.3. The van der Waals surface area contributed by atoms with Gasteiger partial charge in [0.25, 0.3) is 23.6 Å².